The molecule has 0 aliphatic heterocycles. The molecule has 0 atom stereocenters. The number of rotatable bonds is 6. The molecule has 0 saturated heterocycles. The van der Waals surface area contributed by atoms with Crippen LogP contribution in [0.3, 0.4) is 0 Å². The van der Waals surface area contributed by atoms with Crippen molar-refractivity contribution in [3.63, 3.8) is 0 Å². The first kappa shape index (κ1) is 14.9. The third-order valence-corrected chi connectivity index (χ3v) is 3.09. The third-order valence-electron chi connectivity index (χ3n) is 2.86. The maximum Gasteiger partial charge on any atom is 0.141 e. The summed E-state index contributed by atoms with van der Waals surface area (Å²) in [5, 5.41) is 7.95. The lowest BCUT2D eigenvalue weighted by atomic mass is 10.2. The Labute approximate surface area is 123 Å². The van der Waals surface area contributed by atoms with E-state index in [1.165, 1.54) is 18.5 Å². The zero-order chi connectivity index (χ0) is 14.5. The summed E-state index contributed by atoms with van der Waals surface area (Å²) in [5.74, 6) is 1.06. The standard InChI is InChI=1S/C14H18ClFN4/c1-10(2)6-17-7-14-18-9-19-20(14)8-11-5-12(15)3-4-13(11)16/h3-5,9-10,17H,6-8H2,1-2H3. The van der Waals surface area contributed by atoms with Crippen LogP contribution in [-0.2, 0) is 13.1 Å². The van der Waals surface area contributed by atoms with E-state index in [-0.39, 0.29) is 5.82 Å². The molecule has 0 aliphatic rings. The van der Waals surface area contributed by atoms with E-state index < -0.39 is 0 Å². The van der Waals surface area contributed by atoms with E-state index in [1.54, 1.807) is 10.7 Å². The van der Waals surface area contributed by atoms with Crippen molar-refractivity contribution < 1.29 is 4.39 Å². The van der Waals surface area contributed by atoms with Crippen molar-refractivity contribution in [1.29, 1.82) is 0 Å². The SMILES string of the molecule is CC(C)CNCc1ncnn1Cc1cc(Cl)ccc1F. The van der Waals surface area contributed by atoms with Gasteiger partial charge in [-0.25, -0.2) is 14.1 Å². The molecule has 0 unspecified atom stereocenters. The summed E-state index contributed by atoms with van der Waals surface area (Å²) in [6.07, 6.45) is 1.48. The lowest BCUT2D eigenvalue weighted by Gasteiger charge is -2.09. The zero-order valence-corrected chi connectivity index (χ0v) is 12.4. The molecule has 0 fully saturated rings. The van der Waals surface area contributed by atoms with Gasteiger partial charge in [0, 0.05) is 10.6 Å². The largest absolute Gasteiger partial charge is 0.310 e. The molecule has 0 aliphatic carbocycles. The van der Waals surface area contributed by atoms with E-state index in [0.29, 0.717) is 29.6 Å². The first-order chi connectivity index (χ1) is 9.56. The van der Waals surface area contributed by atoms with Crippen LogP contribution in [0.4, 0.5) is 4.39 Å². The second-order valence-electron chi connectivity index (χ2n) is 5.09. The van der Waals surface area contributed by atoms with Crippen molar-refractivity contribution >= 4 is 11.6 Å². The first-order valence-electron chi connectivity index (χ1n) is 6.57. The number of halogens is 2. The van der Waals surface area contributed by atoms with E-state index in [1.807, 2.05) is 0 Å². The third kappa shape index (κ3) is 4.02. The predicted molar refractivity (Wildman–Crippen MR) is 77.1 cm³/mol. The topological polar surface area (TPSA) is 42.7 Å². The monoisotopic (exact) mass is 296 g/mol. The Morgan fingerprint density at radius 3 is 2.95 bits per heavy atom. The van der Waals surface area contributed by atoms with Crippen molar-refractivity contribution in [2.75, 3.05) is 6.54 Å². The van der Waals surface area contributed by atoms with Gasteiger partial charge in [-0.3, -0.25) is 0 Å². The highest BCUT2D eigenvalue weighted by atomic mass is 35.5. The molecule has 4 nitrogen and oxygen atoms in total. The molecule has 1 heterocycles. The molecule has 0 spiro atoms. The summed E-state index contributed by atoms with van der Waals surface area (Å²) in [5.41, 5.74) is 0.508. The van der Waals surface area contributed by atoms with Gasteiger partial charge in [0.1, 0.15) is 18.0 Å². The van der Waals surface area contributed by atoms with Gasteiger partial charge in [-0.05, 0) is 30.7 Å². The van der Waals surface area contributed by atoms with Crippen molar-refractivity contribution in [1.82, 2.24) is 20.1 Å². The summed E-state index contributed by atoms with van der Waals surface area (Å²) in [4.78, 5) is 4.20. The van der Waals surface area contributed by atoms with Crippen LogP contribution < -0.4 is 5.32 Å². The van der Waals surface area contributed by atoms with Gasteiger partial charge in [-0.1, -0.05) is 25.4 Å². The number of hydrogen-bond donors (Lipinski definition) is 1. The summed E-state index contributed by atoms with van der Waals surface area (Å²) < 4.78 is 15.4. The lowest BCUT2D eigenvalue weighted by Crippen LogP contribution is -2.22. The van der Waals surface area contributed by atoms with Crippen LogP contribution in [-0.4, -0.2) is 21.3 Å². The Morgan fingerprint density at radius 1 is 1.40 bits per heavy atom. The van der Waals surface area contributed by atoms with Crippen LogP contribution in [0.5, 0.6) is 0 Å². The molecule has 1 aromatic heterocycles. The Hall–Kier alpha value is -1.46. The van der Waals surface area contributed by atoms with Gasteiger partial charge in [-0.15, -0.1) is 0 Å². The zero-order valence-electron chi connectivity index (χ0n) is 11.6. The minimum absolute atomic E-state index is 0.286. The van der Waals surface area contributed by atoms with Gasteiger partial charge in [0.15, 0.2) is 0 Å². The Kier molecular flexibility index (Phi) is 5.09. The second-order valence-corrected chi connectivity index (χ2v) is 5.53. The van der Waals surface area contributed by atoms with Crippen molar-refractivity contribution in [2.24, 2.45) is 5.92 Å². The normalized spacial score (nSPS) is 11.2. The molecule has 0 radical (unpaired) electrons. The average molecular weight is 297 g/mol. The second kappa shape index (κ2) is 6.81. The molecule has 0 amide bonds. The summed E-state index contributed by atoms with van der Waals surface area (Å²) >= 11 is 5.89. The molecular weight excluding hydrogens is 279 g/mol. The summed E-state index contributed by atoms with van der Waals surface area (Å²) in [7, 11) is 0. The average Bonchev–Trinajstić information content (AvgIpc) is 2.81. The van der Waals surface area contributed by atoms with Gasteiger partial charge in [0.2, 0.25) is 0 Å². The number of benzene rings is 1. The fourth-order valence-corrected chi connectivity index (χ4v) is 2.05. The molecule has 0 bridgehead atoms. The molecule has 1 N–H and O–H groups in total. The van der Waals surface area contributed by atoms with E-state index in [9.17, 15) is 4.39 Å². The van der Waals surface area contributed by atoms with Crippen LogP contribution in [0.2, 0.25) is 5.02 Å². The maximum atomic E-state index is 13.7. The highest BCUT2D eigenvalue weighted by molar-refractivity contribution is 6.30. The van der Waals surface area contributed by atoms with Gasteiger partial charge >= 0.3 is 0 Å². The van der Waals surface area contributed by atoms with Gasteiger partial charge in [-0.2, -0.15) is 5.10 Å². The van der Waals surface area contributed by atoms with Crippen molar-refractivity contribution in [3.8, 4) is 0 Å². The van der Waals surface area contributed by atoms with Crippen LogP contribution in [0.25, 0.3) is 0 Å². The highest BCUT2D eigenvalue weighted by Gasteiger charge is 2.09. The highest BCUT2D eigenvalue weighted by Crippen LogP contribution is 2.16. The summed E-state index contributed by atoms with van der Waals surface area (Å²) in [6.45, 7) is 6.11. The van der Waals surface area contributed by atoms with Gasteiger partial charge in [0.05, 0.1) is 13.1 Å². The Balaban J connectivity index is 2.06. The molecule has 108 valence electrons. The number of hydrogen-bond acceptors (Lipinski definition) is 3. The van der Waals surface area contributed by atoms with E-state index >= 15 is 0 Å². The van der Waals surface area contributed by atoms with Crippen molar-refractivity contribution in [3.05, 3.63) is 46.8 Å². The molecule has 2 aromatic rings. The van der Waals surface area contributed by atoms with E-state index in [0.717, 1.165) is 12.4 Å². The van der Waals surface area contributed by atoms with Crippen LogP contribution in [0.15, 0.2) is 24.5 Å². The Bertz CT molecular complexity index is 568. The molecule has 0 saturated carbocycles. The first-order valence-corrected chi connectivity index (χ1v) is 6.95. The minimum Gasteiger partial charge on any atom is -0.310 e. The van der Waals surface area contributed by atoms with Crippen LogP contribution >= 0.6 is 11.6 Å². The predicted octanol–water partition coefficient (Wildman–Crippen LogP) is 2.86. The molecule has 20 heavy (non-hydrogen) atoms. The molecular formula is C14H18ClFN4. The number of nitrogens with zero attached hydrogens (tertiary/aromatic N) is 3. The Morgan fingerprint density at radius 2 is 2.20 bits per heavy atom. The quantitative estimate of drug-likeness (QED) is 0.891. The fraction of sp³-hybridized carbons (Fsp3) is 0.429. The number of aromatic nitrogens is 3. The smallest absolute Gasteiger partial charge is 0.141 e. The minimum atomic E-state index is -0.286. The summed E-state index contributed by atoms with van der Waals surface area (Å²) in [6, 6.07) is 4.52. The lowest BCUT2D eigenvalue weighted by molar-refractivity contribution is 0.518. The number of nitrogens with one attached hydrogen (secondary N) is 1. The van der Waals surface area contributed by atoms with Crippen molar-refractivity contribution in [2.45, 2.75) is 26.9 Å². The molecule has 6 heteroatoms. The molecule has 2 rings (SSSR count). The van der Waals surface area contributed by atoms with E-state index in [2.05, 4.69) is 29.2 Å². The van der Waals surface area contributed by atoms with Crippen LogP contribution in [0.1, 0.15) is 25.2 Å². The fourth-order valence-electron chi connectivity index (χ4n) is 1.86. The maximum absolute atomic E-state index is 13.7. The van der Waals surface area contributed by atoms with E-state index in [4.69, 9.17) is 11.6 Å². The van der Waals surface area contributed by atoms with Gasteiger partial charge < -0.3 is 5.32 Å². The van der Waals surface area contributed by atoms with Crippen LogP contribution in [0, 0.1) is 11.7 Å². The van der Waals surface area contributed by atoms with Gasteiger partial charge in [0.25, 0.3) is 0 Å². The molecule has 1 aromatic carbocycles.